The highest BCUT2D eigenvalue weighted by Crippen LogP contribution is 2.20. The van der Waals surface area contributed by atoms with Crippen molar-refractivity contribution in [3.8, 4) is 0 Å². The Kier molecular flexibility index (Phi) is 3.13. The predicted molar refractivity (Wildman–Crippen MR) is 45.9 cm³/mol. The van der Waals surface area contributed by atoms with E-state index in [4.69, 9.17) is 0 Å². The van der Waals surface area contributed by atoms with Gasteiger partial charge in [0.15, 0.2) is 0 Å². The third kappa shape index (κ3) is 3.28. The van der Waals surface area contributed by atoms with Crippen LogP contribution in [-0.2, 0) is 0 Å². The van der Waals surface area contributed by atoms with Gasteiger partial charge >= 0.3 is 0 Å². The normalized spacial score (nSPS) is 12.0. The fraction of sp³-hybridized carbons (Fsp3) is 0.625. The van der Waals surface area contributed by atoms with E-state index in [9.17, 15) is 0 Å². The van der Waals surface area contributed by atoms with Crippen LogP contribution >= 0.6 is 0 Å². The number of hydrogen-bond donors (Lipinski definition) is 1. The molecule has 0 aromatic heterocycles. The molecular formula is C8H16N2. The van der Waals surface area contributed by atoms with Gasteiger partial charge in [0.05, 0.1) is 0 Å². The fourth-order valence-corrected chi connectivity index (χ4v) is 0.310. The van der Waals surface area contributed by atoms with Crippen LogP contribution in [0.4, 0.5) is 0 Å². The van der Waals surface area contributed by atoms with Gasteiger partial charge < -0.3 is 0 Å². The molecule has 0 aromatic rings. The molecule has 0 unspecified atom stereocenters. The van der Waals surface area contributed by atoms with Crippen LogP contribution in [0, 0.1) is 5.41 Å². The molecule has 2 heteroatoms. The lowest BCUT2D eigenvalue weighted by molar-refractivity contribution is 0.467. The van der Waals surface area contributed by atoms with Gasteiger partial charge in [-0.15, -0.1) is 0 Å². The summed E-state index contributed by atoms with van der Waals surface area (Å²) in [6.45, 7) is 12.0. The molecule has 0 atom stereocenters. The summed E-state index contributed by atoms with van der Waals surface area (Å²) in [5.41, 5.74) is 3.87. The molecule has 0 amide bonds. The zero-order chi connectivity index (χ0) is 8.20. The van der Waals surface area contributed by atoms with Crippen molar-refractivity contribution in [2.45, 2.75) is 27.7 Å². The molecule has 0 spiro atoms. The average molecular weight is 140 g/mol. The molecule has 0 aliphatic heterocycles. The third-order valence-corrected chi connectivity index (χ3v) is 1.23. The summed E-state index contributed by atoms with van der Waals surface area (Å²) in [4.78, 5) is 0. The van der Waals surface area contributed by atoms with Gasteiger partial charge in [0.2, 0.25) is 0 Å². The van der Waals surface area contributed by atoms with Crippen molar-refractivity contribution >= 4 is 6.21 Å². The first-order valence-corrected chi connectivity index (χ1v) is 3.41. The summed E-state index contributed by atoms with van der Waals surface area (Å²) in [5, 5.41) is 3.86. The summed E-state index contributed by atoms with van der Waals surface area (Å²) in [6.07, 6.45) is 1.71. The Labute approximate surface area is 63.0 Å². The maximum Gasteiger partial charge on any atom is 0.0317 e. The summed E-state index contributed by atoms with van der Waals surface area (Å²) >= 11 is 0. The predicted octanol–water partition coefficient (Wildman–Crippen LogP) is 2.14. The van der Waals surface area contributed by atoms with Gasteiger partial charge in [0.1, 0.15) is 0 Å². The largest absolute Gasteiger partial charge is 0.283 e. The van der Waals surface area contributed by atoms with Gasteiger partial charge in [0, 0.05) is 17.3 Å². The maximum atomic E-state index is 3.86. The van der Waals surface area contributed by atoms with Crippen LogP contribution in [0.15, 0.2) is 17.4 Å². The summed E-state index contributed by atoms with van der Waals surface area (Å²) in [5.74, 6) is 0. The van der Waals surface area contributed by atoms with Crippen LogP contribution in [0.1, 0.15) is 27.7 Å². The van der Waals surface area contributed by atoms with Crippen LogP contribution in [-0.4, -0.2) is 6.21 Å². The van der Waals surface area contributed by atoms with E-state index in [0.29, 0.717) is 0 Å². The minimum Gasteiger partial charge on any atom is -0.283 e. The van der Waals surface area contributed by atoms with E-state index in [0.717, 1.165) is 5.70 Å². The van der Waals surface area contributed by atoms with Gasteiger partial charge in [-0.1, -0.05) is 27.4 Å². The molecule has 0 saturated carbocycles. The van der Waals surface area contributed by atoms with E-state index in [1.807, 2.05) is 6.92 Å². The Hall–Kier alpha value is -0.790. The molecule has 0 aliphatic rings. The number of hydrazone groups is 1. The monoisotopic (exact) mass is 140 g/mol. The van der Waals surface area contributed by atoms with Gasteiger partial charge in [-0.25, -0.2) is 0 Å². The molecule has 0 heterocycles. The Bertz CT molecular complexity index is 140. The van der Waals surface area contributed by atoms with Gasteiger partial charge in [-0.05, 0) is 6.92 Å². The molecule has 10 heavy (non-hydrogen) atoms. The number of nitrogens with zero attached hydrogens (tertiary/aromatic N) is 1. The standard InChI is InChI=1S/C8H16N2/c1-6-9-10-7(2)8(3,4)5/h6,10H,2H2,1,3-5H3/b9-6-. The minimum absolute atomic E-state index is 0.0898. The lowest BCUT2D eigenvalue weighted by atomic mass is 9.93. The lowest BCUT2D eigenvalue weighted by Gasteiger charge is -2.20. The van der Waals surface area contributed by atoms with Crippen molar-refractivity contribution in [1.29, 1.82) is 0 Å². The van der Waals surface area contributed by atoms with Crippen molar-refractivity contribution < 1.29 is 0 Å². The maximum absolute atomic E-state index is 3.86. The molecule has 1 N–H and O–H groups in total. The molecular weight excluding hydrogens is 124 g/mol. The summed E-state index contributed by atoms with van der Waals surface area (Å²) in [6, 6.07) is 0. The highest BCUT2D eigenvalue weighted by molar-refractivity contribution is 5.52. The topological polar surface area (TPSA) is 24.4 Å². The summed E-state index contributed by atoms with van der Waals surface area (Å²) in [7, 11) is 0. The van der Waals surface area contributed by atoms with Crippen LogP contribution in [0.25, 0.3) is 0 Å². The van der Waals surface area contributed by atoms with E-state index < -0.39 is 0 Å². The minimum atomic E-state index is 0.0898. The number of nitrogens with one attached hydrogen (secondary N) is 1. The highest BCUT2D eigenvalue weighted by Gasteiger charge is 2.13. The third-order valence-electron chi connectivity index (χ3n) is 1.23. The zero-order valence-corrected chi connectivity index (χ0v) is 7.23. The average Bonchev–Trinajstić information content (AvgIpc) is 1.80. The van der Waals surface area contributed by atoms with Crippen molar-refractivity contribution in [1.82, 2.24) is 5.43 Å². The number of rotatable bonds is 2. The second kappa shape index (κ2) is 3.40. The molecule has 0 aliphatic carbocycles. The van der Waals surface area contributed by atoms with E-state index in [2.05, 4.69) is 37.9 Å². The van der Waals surface area contributed by atoms with Gasteiger partial charge in [-0.2, -0.15) is 5.10 Å². The van der Waals surface area contributed by atoms with Crippen molar-refractivity contribution in [3.05, 3.63) is 12.3 Å². The first-order valence-electron chi connectivity index (χ1n) is 3.41. The Morgan fingerprint density at radius 1 is 1.50 bits per heavy atom. The number of hydrogen-bond acceptors (Lipinski definition) is 2. The van der Waals surface area contributed by atoms with E-state index in [-0.39, 0.29) is 5.41 Å². The first-order chi connectivity index (χ1) is 4.48. The van der Waals surface area contributed by atoms with Crippen LogP contribution in [0.2, 0.25) is 0 Å². The molecule has 0 fully saturated rings. The van der Waals surface area contributed by atoms with E-state index >= 15 is 0 Å². The smallest absolute Gasteiger partial charge is 0.0317 e. The molecule has 0 bridgehead atoms. The van der Waals surface area contributed by atoms with Crippen LogP contribution in [0.5, 0.6) is 0 Å². The fourth-order valence-electron chi connectivity index (χ4n) is 0.310. The Balaban J connectivity index is 3.86. The summed E-state index contributed by atoms with van der Waals surface area (Å²) < 4.78 is 0. The van der Waals surface area contributed by atoms with Gasteiger partial charge in [-0.3, -0.25) is 5.43 Å². The first kappa shape index (κ1) is 9.21. The molecule has 58 valence electrons. The van der Waals surface area contributed by atoms with Crippen molar-refractivity contribution in [3.63, 3.8) is 0 Å². The van der Waals surface area contributed by atoms with Crippen LogP contribution < -0.4 is 5.43 Å². The quantitative estimate of drug-likeness (QED) is 0.461. The molecule has 0 saturated heterocycles. The Morgan fingerprint density at radius 3 is 2.30 bits per heavy atom. The Morgan fingerprint density at radius 2 is 2.00 bits per heavy atom. The van der Waals surface area contributed by atoms with E-state index in [1.165, 1.54) is 0 Å². The second-order valence-corrected chi connectivity index (χ2v) is 3.23. The van der Waals surface area contributed by atoms with E-state index in [1.54, 1.807) is 6.21 Å². The second-order valence-electron chi connectivity index (χ2n) is 3.23. The molecule has 0 rings (SSSR count). The van der Waals surface area contributed by atoms with Crippen LogP contribution in [0.3, 0.4) is 0 Å². The molecule has 0 radical (unpaired) electrons. The zero-order valence-electron chi connectivity index (χ0n) is 7.23. The highest BCUT2D eigenvalue weighted by atomic mass is 15.3. The molecule has 0 aromatic carbocycles. The van der Waals surface area contributed by atoms with Crippen molar-refractivity contribution in [2.75, 3.05) is 0 Å². The lowest BCUT2D eigenvalue weighted by Crippen LogP contribution is -2.19. The van der Waals surface area contributed by atoms with Crippen molar-refractivity contribution in [2.24, 2.45) is 10.5 Å². The van der Waals surface area contributed by atoms with Gasteiger partial charge in [0.25, 0.3) is 0 Å². The molecule has 2 nitrogen and oxygen atoms in total. The SMILES string of the molecule is C=C(N/N=C\C)C(C)(C)C. The number of allylic oxidation sites excluding steroid dienone is 1.